The first-order valence-corrected chi connectivity index (χ1v) is 9.62. The zero-order valence-corrected chi connectivity index (χ0v) is 15.5. The lowest BCUT2D eigenvalue weighted by Crippen LogP contribution is -2.22. The molecule has 8 heteroatoms. The number of hydrogen-bond donors (Lipinski definition) is 1. The molecule has 0 aliphatic heterocycles. The van der Waals surface area contributed by atoms with Crippen LogP contribution in [0.3, 0.4) is 0 Å². The van der Waals surface area contributed by atoms with Gasteiger partial charge in [0.1, 0.15) is 0 Å². The molecule has 138 valence electrons. The number of carbonyl (C=O) groups excluding carboxylic acids is 1. The zero-order chi connectivity index (χ0) is 18.5. The Balaban J connectivity index is 1.67. The molecule has 0 spiro atoms. The number of amides is 1. The van der Waals surface area contributed by atoms with Gasteiger partial charge in [0.05, 0.1) is 17.4 Å². The second-order valence-electron chi connectivity index (χ2n) is 6.52. The molecule has 2 aromatic rings. The molecule has 1 fully saturated rings. The quantitative estimate of drug-likeness (QED) is 0.642. The van der Waals surface area contributed by atoms with Crippen LogP contribution in [0, 0.1) is 10.1 Å². The maximum atomic E-state index is 12.3. The molecular weight excluding hydrogens is 352 g/mol. The third kappa shape index (κ3) is 4.57. The van der Waals surface area contributed by atoms with Gasteiger partial charge in [-0.3, -0.25) is 19.9 Å². The van der Waals surface area contributed by atoms with Crippen LogP contribution < -0.4 is 10.1 Å². The maximum absolute atomic E-state index is 12.3. The SMILES string of the molecule is Cn1c(CC(=O)Nc2cccc([N+](=O)[O-])c2)csc1=NC1CCCCC1. The summed E-state index contributed by atoms with van der Waals surface area (Å²) in [6.07, 6.45) is 6.26. The Kier molecular flexibility index (Phi) is 5.82. The van der Waals surface area contributed by atoms with Crippen molar-refractivity contribution in [2.24, 2.45) is 12.0 Å². The molecular formula is C18H22N4O3S. The van der Waals surface area contributed by atoms with Gasteiger partial charge < -0.3 is 9.88 Å². The summed E-state index contributed by atoms with van der Waals surface area (Å²) in [6.45, 7) is 0. The minimum absolute atomic E-state index is 0.0440. The zero-order valence-electron chi connectivity index (χ0n) is 14.7. The first kappa shape index (κ1) is 18.3. The van der Waals surface area contributed by atoms with Crippen LogP contribution in [-0.2, 0) is 18.3 Å². The predicted molar refractivity (Wildman–Crippen MR) is 101 cm³/mol. The summed E-state index contributed by atoms with van der Waals surface area (Å²) < 4.78 is 1.96. The summed E-state index contributed by atoms with van der Waals surface area (Å²) in [5, 5.41) is 15.5. The highest BCUT2D eigenvalue weighted by Crippen LogP contribution is 2.20. The van der Waals surface area contributed by atoms with E-state index in [1.165, 1.54) is 31.4 Å². The Morgan fingerprint density at radius 1 is 1.38 bits per heavy atom. The minimum Gasteiger partial charge on any atom is -0.326 e. The van der Waals surface area contributed by atoms with Gasteiger partial charge in [0.2, 0.25) is 5.91 Å². The molecule has 0 unspecified atom stereocenters. The summed E-state index contributed by atoms with van der Waals surface area (Å²) >= 11 is 1.55. The van der Waals surface area contributed by atoms with Crippen molar-refractivity contribution in [1.82, 2.24) is 4.57 Å². The fourth-order valence-electron chi connectivity index (χ4n) is 3.11. The number of nitrogens with one attached hydrogen (secondary N) is 1. The second-order valence-corrected chi connectivity index (χ2v) is 7.36. The van der Waals surface area contributed by atoms with E-state index in [1.807, 2.05) is 17.0 Å². The summed E-state index contributed by atoms with van der Waals surface area (Å²) in [4.78, 5) is 28.4. The molecule has 0 saturated heterocycles. The molecule has 1 aliphatic rings. The molecule has 1 heterocycles. The van der Waals surface area contributed by atoms with Gasteiger partial charge in [-0.05, 0) is 18.9 Å². The number of carbonyl (C=O) groups is 1. The third-order valence-electron chi connectivity index (χ3n) is 4.57. The predicted octanol–water partition coefficient (Wildman–Crippen LogP) is 3.41. The molecule has 3 rings (SSSR count). The molecule has 1 saturated carbocycles. The normalized spacial score (nSPS) is 15.8. The summed E-state index contributed by atoms with van der Waals surface area (Å²) in [5.74, 6) is -0.205. The van der Waals surface area contributed by atoms with Crippen molar-refractivity contribution in [2.75, 3.05) is 5.32 Å². The standard InChI is InChI=1S/C18H22N4O3S/c1-21-16(12-26-18(21)20-13-6-3-2-4-7-13)11-17(23)19-14-8-5-9-15(10-14)22(24)25/h5,8-10,12-13H,2-4,6-7,11H2,1H3,(H,19,23). The van der Waals surface area contributed by atoms with E-state index in [0.29, 0.717) is 11.7 Å². The molecule has 1 aromatic carbocycles. The lowest BCUT2D eigenvalue weighted by molar-refractivity contribution is -0.384. The second kappa shape index (κ2) is 8.27. The lowest BCUT2D eigenvalue weighted by atomic mass is 9.96. The van der Waals surface area contributed by atoms with Crippen LogP contribution in [0.5, 0.6) is 0 Å². The number of aromatic nitrogens is 1. The monoisotopic (exact) mass is 374 g/mol. The first-order chi connectivity index (χ1) is 12.5. The lowest BCUT2D eigenvalue weighted by Gasteiger charge is -2.16. The van der Waals surface area contributed by atoms with Crippen LogP contribution in [0.25, 0.3) is 0 Å². The highest BCUT2D eigenvalue weighted by atomic mass is 32.1. The smallest absolute Gasteiger partial charge is 0.271 e. The van der Waals surface area contributed by atoms with E-state index >= 15 is 0 Å². The van der Waals surface area contributed by atoms with Gasteiger partial charge >= 0.3 is 0 Å². The van der Waals surface area contributed by atoms with E-state index in [2.05, 4.69) is 5.32 Å². The van der Waals surface area contributed by atoms with E-state index in [1.54, 1.807) is 23.5 Å². The van der Waals surface area contributed by atoms with Gasteiger partial charge in [-0.15, -0.1) is 11.3 Å². The summed E-state index contributed by atoms with van der Waals surface area (Å²) in [6, 6.07) is 6.34. The van der Waals surface area contributed by atoms with Crippen LogP contribution in [0.15, 0.2) is 34.6 Å². The maximum Gasteiger partial charge on any atom is 0.271 e. The van der Waals surface area contributed by atoms with Crippen molar-refractivity contribution >= 4 is 28.6 Å². The first-order valence-electron chi connectivity index (χ1n) is 8.74. The summed E-state index contributed by atoms with van der Waals surface area (Å²) in [7, 11) is 1.92. The van der Waals surface area contributed by atoms with Crippen molar-refractivity contribution in [3.8, 4) is 0 Å². The van der Waals surface area contributed by atoms with Gasteiger partial charge in [0.25, 0.3) is 5.69 Å². The Morgan fingerprint density at radius 3 is 2.88 bits per heavy atom. The van der Waals surface area contributed by atoms with E-state index in [0.717, 1.165) is 23.3 Å². The average Bonchev–Trinajstić information content (AvgIpc) is 2.96. The van der Waals surface area contributed by atoms with Gasteiger partial charge in [-0.25, -0.2) is 0 Å². The van der Waals surface area contributed by atoms with Crippen molar-refractivity contribution < 1.29 is 9.72 Å². The molecule has 1 N–H and O–H groups in total. The van der Waals surface area contributed by atoms with Crippen molar-refractivity contribution in [1.29, 1.82) is 0 Å². The highest BCUT2D eigenvalue weighted by molar-refractivity contribution is 7.07. The Morgan fingerprint density at radius 2 is 2.15 bits per heavy atom. The molecule has 0 atom stereocenters. The molecule has 1 amide bonds. The highest BCUT2D eigenvalue weighted by Gasteiger charge is 2.14. The topological polar surface area (TPSA) is 89.5 Å². The van der Waals surface area contributed by atoms with Crippen molar-refractivity contribution in [3.63, 3.8) is 0 Å². The average molecular weight is 374 g/mol. The van der Waals surface area contributed by atoms with E-state index < -0.39 is 4.92 Å². The molecule has 1 aliphatic carbocycles. The van der Waals surface area contributed by atoms with Gasteiger partial charge in [-0.1, -0.05) is 25.3 Å². The van der Waals surface area contributed by atoms with Gasteiger partial charge in [0.15, 0.2) is 4.80 Å². The molecule has 7 nitrogen and oxygen atoms in total. The number of rotatable bonds is 5. The number of non-ortho nitro benzene ring substituents is 1. The van der Waals surface area contributed by atoms with Crippen molar-refractivity contribution in [3.05, 3.63) is 50.3 Å². The molecule has 26 heavy (non-hydrogen) atoms. The van der Waals surface area contributed by atoms with Gasteiger partial charge in [0, 0.05) is 35.9 Å². The number of hydrogen-bond acceptors (Lipinski definition) is 5. The fraction of sp³-hybridized carbons (Fsp3) is 0.444. The number of anilines is 1. The molecule has 0 radical (unpaired) electrons. The Bertz CT molecular complexity index is 865. The number of thiazole rings is 1. The summed E-state index contributed by atoms with van der Waals surface area (Å²) in [5.41, 5.74) is 1.26. The largest absolute Gasteiger partial charge is 0.326 e. The number of nitro groups is 1. The van der Waals surface area contributed by atoms with Gasteiger partial charge in [-0.2, -0.15) is 0 Å². The van der Waals surface area contributed by atoms with Crippen LogP contribution in [0.1, 0.15) is 37.8 Å². The van der Waals surface area contributed by atoms with E-state index in [9.17, 15) is 14.9 Å². The van der Waals surface area contributed by atoms with Crippen LogP contribution in [0.4, 0.5) is 11.4 Å². The van der Waals surface area contributed by atoms with Crippen molar-refractivity contribution in [2.45, 2.75) is 44.6 Å². The third-order valence-corrected chi connectivity index (χ3v) is 5.55. The number of nitro benzene ring substituents is 1. The molecule has 1 aromatic heterocycles. The number of benzene rings is 1. The number of nitrogens with zero attached hydrogens (tertiary/aromatic N) is 3. The Hall–Kier alpha value is -2.48. The van der Waals surface area contributed by atoms with E-state index in [4.69, 9.17) is 4.99 Å². The van der Waals surface area contributed by atoms with E-state index in [-0.39, 0.29) is 18.0 Å². The van der Waals surface area contributed by atoms with Crippen LogP contribution >= 0.6 is 11.3 Å². The van der Waals surface area contributed by atoms with Crippen LogP contribution in [0.2, 0.25) is 0 Å². The minimum atomic E-state index is -0.479. The van der Waals surface area contributed by atoms with Crippen LogP contribution in [-0.4, -0.2) is 21.4 Å². The molecule has 0 bridgehead atoms. The Labute approximate surface area is 155 Å². The fourth-order valence-corrected chi connectivity index (χ4v) is 4.08.